The summed E-state index contributed by atoms with van der Waals surface area (Å²) in [5.74, 6) is -0.0144. The van der Waals surface area contributed by atoms with Crippen LogP contribution in [-0.4, -0.2) is 66.0 Å². The molecule has 0 spiro atoms. The second kappa shape index (κ2) is 16.8. The fourth-order valence-electron chi connectivity index (χ4n) is 6.01. The molecular formula is C39H45N5O4S. The molecule has 3 atom stereocenters. The molecule has 4 aromatic rings. The highest BCUT2D eigenvalue weighted by Gasteiger charge is 2.33. The van der Waals surface area contributed by atoms with Gasteiger partial charge in [0.1, 0.15) is 6.04 Å². The van der Waals surface area contributed by atoms with E-state index in [0.29, 0.717) is 19.5 Å². The predicted octanol–water partition coefficient (Wildman–Crippen LogP) is 5.63. The van der Waals surface area contributed by atoms with Crippen molar-refractivity contribution in [2.24, 2.45) is 15.9 Å². The number of carbonyl (C=O) groups excluding carboxylic acids is 1. The summed E-state index contributed by atoms with van der Waals surface area (Å²) in [5.41, 5.74) is 4.03. The first-order valence-electron chi connectivity index (χ1n) is 16.6. The molecule has 1 unspecified atom stereocenters. The number of nitrogens with zero attached hydrogens (tertiary/aromatic N) is 4. The number of hydrogen-bond acceptors (Lipinski definition) is 7. The number of hydrogen-bond donors (Lipinski definition) is 2. The summed E-state index contributed by atoms with van der Waals surface area (Å²) in [6.45, 7) is 6.68. The van der Waals surface area contributed by atoms with Gasteiger partial charge in [-0.2, -0.15) is 4.31 Å². The van der Waals surface area contributed by atoms with Crippen LogP contribution in [0.4, 0.5) is 0 Å². The Labute approximate surface area is 290 Å². The Morgan fingerprint density at radius 1 is 0.796 bits per heavy atom. The molecule has 49 heavy (non-hydrogen) atoms. The van der Waals surface area contributed by atoms with Crippen LogP contribution in [0.3, 0.4) is 0 Å². The van der Waals surface area contributed by atoms with Crippen LogP contribution in [-0.2, 0) is 34.3 Å². The molecule has 0 saturated heterocycles. The Morgan fingerprint density at radius 3 is 1.84 bits per heavy atom. The Bertz CT molecular complexity index is 1770. The lowest BCUT2D eigenvalue weighted by Crippen LogP contribution is -2.50. The molecule has 10 heteroatoms. The van der Waals surface area contributed by atoms with Crippen LogP contribution in [0.1, 0.15) is 49.1 Å². The standard InChI is InChI=1S/C39H45N5O4S/c1-29(2)25-44(49(47,48)35-21-19-34(20-22-35)36-24-40-39(42-36)41-30(3)45)28-38(46)37(23-31-13-7-4-8-14-31)43(26-32-15-9-5-10-16-32)27-33-17-11-6-12-18-33/h4-22,24,29,36-38,46H,23,25-28H2,1-3H3,(H,41,42,45)/t36?,37-,38-/m0/s1. The zero-order chi connectivity index (χ0) is 34.8. The highest BCUT2D eigenvalue weighted by molar-refractivity contribution is 7.89. The van der Waals surface area contributed by atoms with Crippen molar-refractivity contribution in [3.05, 3.63) is 138 Å². The first kappa shape index (κ1) is 35.8. The molecule has 256 valence electrons. The first-order valence-corrected chi connectivity index (χ1v) is 18.1. The molecular weight excluding hydrogens is 635 g/mol. The van der Waals surface area contributed by atoms with Gasteiger partial charge in [-0.05, 0) is 46.7 Å². The highest BCUT2D eigenvalue weighted by Crippen LogP contribution is 2.26. The number of guanidine groups is 1. The minimum absolute atomic E-state index is 0.0230. The second-order valence-corrected chi connectivity index (χ2v) is 14.8. The Hall–Kier alpha value is -4.48. The third kappa shape index (κ3) is 10.0. The van der Waals surface area contributed by atoms with Gasteiger partial charge in [-0.15, -0.1) is 0 Å². The van der Waals surface area contributed by atoms with E-state index >= 15 is 0 Å². The van der Waals surface area contributed by atoms with Crippen molar-refractivity contribution in [2.75, 3.05) is 13.1 Å². The third-order valence-electron chi connectivity index (χ3n) is 8.36. The number of aliphatic hydroxyl groups is 1. The van der Waals surface area contributed by atoms with Gasteiger partial charge in [0.2, 0.25) is 21.9 Å². The van der Waals surface area contributed by atoms with Crippen molar-refractivity contribution in [3.63, 3.8) is 0 Å². The van der Waals surface area contributed by atoms with E-state index in [9.17, 15) is 18.3 Å². The monoisotopic (exact) mass is 679 g/mol. The van der Waals surface area contributed by atoms with Gasteiger partial charge in [-0.1, -0.05) is 117 Å². The smallest absolute Gasteiger partial charge is 0.243 e. The summed E-state index contributed by atoms with van der Waals surface area (Å²) in [6.07, 6.45) is 1.15. The summed E-state index contributed by atoms with van der Waals surface area (Å²) in [6, 6.07) is 36.1. The summed E-state index contributed by atoms with van der Waals surface area (Å²) < 4.78 is 29.9. The van der Waals surface area contributed by atoms with Crippen LogP contribution in [0.2, 0.25) is 0 Å². The lowest BCUT2D eigenvalue weighted by Gasteiger charge is -2.37. The summed E-state index contributed by atoms with van der Waals surface area (Å²) in [7, 11) is -3.98. The maximum atomic E-state index is 14.2. The van der Waals surface area contributed by atoms with E-state index in [0.717, 1.165) is 22.3 Å². The Kier molecular flexibility index (Phi) is 12.2. The van der Waals surface area contributed by atoms with Crippen molar-refractivity contribution >= 4 is 28.1 Å². The second-order valence-electron chi connectivity index (χ2n) is 12.8. The van der Waals surface area contributed by atoms with Gasteiger partial charge in [-0.25, -0.2) is 18.4 Å². The molecule has 0 aromatic heterocycles. The van der Waals surface area contributed by atoms with Gasteiger partial charge in [0.05, 0.1) is 11.0 Å². The molecule has 9 nitrogen and oxygen atoms in total. The SMILES string of the molecule is CC(=O)NC1=NC(c2ccc(S(=O)(=O)N(CC(C)C)C[C@H](O)[C@H](Cc3ccccc3)N(Cc3ccccc3)Cc3ccccc3)cc2)C=N1. The van der Waals surface area contributed by atoms with E-state index in [2.05, 4.69) is 44.5 Å². The molecule has 1 aliphatic heterocycles. The van der Waals surface area contributed by atoms with Crippen LogP contribution in [0.15, 0.2) is 130 Å². The molecule has 1 heterocycles. The molecule has 0 aliphatic carbocycles. The number of rotatable bonds is 15. The van der Waals surface area contributed by atoms with Gasteiger partial charge in [0.25, 0.3) is 0 Å². The van der Waals surface area contributed by atoms with Crippen molar-refractivity contribution in [2.45, 2.75) is 63.4 Å². The van der Waals surface area contributed by atoms with E-state index in [1.807, 2.05) is 80.6 Å². The molecule has 5 rings (SSSR count). The van der Waals surface area contributed by atoms with E-state index in [4.69, 9.17) is 0 Å². The Morgan fingerprint density at radius 2 is 1.33 bits per heavy atom. The number of benzene rings is 4. The quantitative estimate of drug-likeness (QED) is 0.169. The summed E-state index contributed by atoms with van der Waals surface area (Å²) >= 11 is 0. The highest BCUT2D eigenvalue weighted by atomic mass is 32.2. The predicted molar refractivity (Wildman–Crippen MR) is 195 cm³/mol. The van der Waals surface area contributed by atoms with Crippen molar-refractivity contribution < 1.29 is 18.3 Å². The number of carbonyl (C=O) groups is 1. The minimum atomic E-state index is -3.98. The fraction of sp³-hybridized carbons (Fsp3) is 0.308. The van der Waals surface area contributed by atoms with Gasteiger partial charge in [0.15, 0.2) is 0 Å². The van der Waals surface area contributed by atoms with Crippen LogP contribution < -0.4 is 5.32 Å². The number of sulfonamides is 1. The molecule has 2 N–H and O–H groups in total. The van der Waals surface area contributed by atoms with Gasteiger partial charge in [-0.3, -0.25) is 15.0 Å². The lowest BCUT2D eigenvalue weighted by molar-refractivity contribution is -0.117. The number of amides is 1. The normalized spacial score (nSPS) is 15.8. The zero-order valence-corrected chi connectivity index (χ0v) is 29.1. The Balaban J connectivity index is 1.44. The summed E-state index contributed by atoms with van der Waals surface area (Å²) in [5, 5.41) is 14.7. The first-order chi connectivity index (χ1) is 23.6. The number of aliphatic imine (C=N–C) groups is 2. The van der Waals surface area contributed by atoms with Crippen molar-refractivity contribution in [1.82, 2.24) is 14.5 Å². The molecule has 4 aromatic carbocycles. The van der Waals surface area contributed by atoms with E-state index in [1.165, 1.54) is 11.2 Å². The maximum Gasteiger partial charge on any atom is 0.243 e. The molecule has 1 aliphatic rings. The van der Waals surface area contributed by atoms with Gasteiger partial charge in [0, 0.05) is 45.4 Å². The van der Waals surface area contributed by atoms with E-state index < -0.39 is 28.2 Å². The fourth-order valence-corrected chi connectivity index (χ4v) is 7.63. The van der Waals surface area contributed by atoms with Gasteiger partial charge >= 0.3 is 0 Å². The summed E-state index contributed by atoms with van der Waals surface area (Å²) in [4.78, 5) is 22.3. The molecule has 1 amide bonds. The zero-order valence-electron chi connectivity index (χ0n) is 28.3. The lowest BCUT2D eigenvalue weighted by atomic mass is 9.97. The van der Waals surface area contributed by atoms with Crippen LogP contribution >= 0.6 is 0 Å². The number of nitrogens with one attached hydrogen (secondary N) is 1. The van der Waals surface area contributed by atoms with Crippen LogP contribution in [0.5, 0.6) is 0 Å². The molecule has 0 saturated carbocycles. The van der Waals surface area contributed by atoms with Crippen molar-refractivity contribution in [3.8, 4) is 0 Å². The minimum Gasteiger partial charge on any atom is -0.390 e. The van der Waals surface area contributed by atoms with E-state index in [1.54, 1.807) is 30.5 Å². The molecule has 0 fully saturated rings. The molecule has 0 bridgehead atoms. The van der Waals surface area contributed by atoms with Gasteiger partial charge < -0.3 is 5.11 Å². The average molecular weight is 680 g/mol. The largest absolute Gasteiger partial charge is 0.390 e. The maximum absolute atomic E-state index is 14.2. The third-order valence-corrected chi connectivity index (χ3v) is 10.2. The average Bonchev–Trinajstić information content (AvgIpc) is 3.55. The van der Waals surface area contributed by atoms with Crippen molar-refractivity contribution in [1.29, 1.82) is 0 Å². The topological polar surface area (TPSA) is 115 Å². The van der Waals surface area contributed by atoms with Crippen LogP contribution in [0.25, 0.3) is 0 Å². The number of aliphatic hydroxyl groups excluding tert-OH is 1. The molecule has 0 radical (unpaired) electrons. The van der Waals surface area contributed by atoms with Crippen LogP contribution in [0, 0.1) is 5.92 Å². The van der Waals surface area contributed by atoms with E-state index in [-0.39, 0.29) is 35.8 Å².